The lowest BCUT2D eigenvalue weighted by molar-refractivity contribution is -0.122. The van der Waals surface area contributed by atoms with Gasteiger partial charge in [0.2, 0.25) is 5.91 Å². The molecule has 0 bridgehead atoms. The number of para-hydroxylation sites is 1. The van der Waals surface area contributed by atoms with Gasteiger partial charge in [-0.05, 0) is 73.5 Å². The minimum absolute atomic E-state index is 0.249. The normalized spacial score (nSPS) is 15.9. The zero-order chi connectivity index (χ0) is 24.4. The van der Waals surface area contributed by atoms with E-state index < -0.39 is 0 Å². The summed E-state index contributed by atoms with van der Waals surface area (Å²) in [7, 11) is 0. The Kier molecular flexibility index (Phi) is 6.25. The van der Waals surface area contributed by atoms with Crippen LogP contribution in [-0.4, -0.2) is 34.3 Å². The third-order valence-electron chi connectivity index (χ3n) is 6.36. The molecule has 1 aliphatic heterocycles. The molecule has 3 aromatic carbocycles. The van der Waals surface area contributed by atoms with Gasteiger partial charge in [-0.2, -0.15) is 0 Å². The number of primary amides is 1. The monoisotopic (exact) mass is 468 g/mol. The van der Waals surface area contributed by atoms with E-state index in [0.717, 1.165) is 35.9 Å². The maximum atomic E-state index is 13.4. The predicted octanol–water partition coefficient (Wildman–Crippen LogP) is 4.74. The summed E-state index contributed by atoms with van der Waals surface area (Å²) in [5, 5.41) is 3.73. The molecule has 0 spiro atoms. The number of benzene rings is 3. The lowest BCUT2D eigenvalue weighted by Crippen LogP contribution is -2.39. The fourth-order valence-corrected chi connectivity index (χ4v) is 4.65. The third kappa shape index (κ3) is 4.90. The number of pyridine rings is 1. The largest absolute Gasteiger partial charge is 0.368 e. The lowest BCUT2D eigenvalue weighted by atomic mass is 10.0. The Morgan fingerprint density at radius 1 is 1.03 bits per heavy atom. The molecule has 1 atom stereocenters. The van der Waals surface area contributed by atoms with Gasteiger partial charge < -0.3 is 11.1 Å². The van der Waals surface area contributed by atoms with Crippen LogP contribution in [0.1, 0.15) is 28.8 Å². The van der Waals surface area contributed by atoms with Gasteiger partial charge in [0.1, 0.15) is 5.82 Å². The number of carbonyl (C=O) groups is 2. The molecule has 1 aliphatic rings. The van der Waals surface area contributed by atoms with Crippen molar-refractivity contribution >= 4 is 28.4 Å². The van der Waals surface area contributed by atoms with Crippen molar-refractivity contribution < 1.29 is 14.0 Å². The van der Waals surface area contributed by atoms with Crippen molar-refractivity contribution in [2.45, 2.75) is 25.4 Å². The smallest absolute Gasteiger partial charge is 0.256 e. The summed E-state index contributed by atoms with van der Waals surface area (Å²) in [6.07, 6.45) is 1.72. The van der Waals surface area contributed by atoms with Crippen LogP contribution in [0.3, 0.4) is 0 Å². The Morgan fingerprint density at radius 2 is 1.83 bits per heavy atom. The Balaban J connectivity index is 1.42. The van der Waals surface area contributed by atoms with E-state index in [2.05, 4.69) is 15.2 Å². The standard InChI is InChI=1S/C28H25FN4O2/c29-20-12-10-19(11-13-20)25-16-23(22-7-1-2-8-24(22)32-25)28(35)31-21-6-3-5-18(15-21)17-33-14-4-9-26(33)27(30)34/h1-3,5-8,10-13,15-16,26H,4,9,14,17H2,(H2,30,34)(H,31,35). The second-order valence-electron chi connectivity index (χ2n) is 8.76. The molecule has 2 heterocycles. The van der Waals surface area contributed by atoms with Crippen molar-refractivity contribution in [1.29, 1.82) is 0 Å². The zero-order valence-electron chi connectivity index (χ0n) is 19.1. The summed E-state index contributed by atoms with van der Waals surface area (Å²) in [4.78, 5) is 31.9. The minimum atomic E-state index is -0.330. The van der Waals surface area contributed by atoms with Crippen molar-refractivity contribution in [1.82, 2.24) is 9.88 Å². The number of nitrogens with zero attached hydrogens (tertiary/aromatic N) is 2. The summed E-state index contributed by atoms with van der Waals surface area (Å²) in [6, 6.07) is 22.6. The van der Waals surface area contributed by atoms with Gasteiger partial charge in [0.15, 0.2) is 0 Å². The molecular weight excluding hydrogens is 443 g/mol. The average Bonchev–Trinajstić information content (AvgIpc) is 3.32. The van der Waals surface area contributed by atoms with Crippen LogP contribution in [0.5, 0.6) is 0 Å². The lowest BCUT2D eigenvalue weighted by Gasteiger charge is -2.22. The van der Waals surface area contributed by atoms with Crippen LogP contribution in [0, 0.1) is 5.82 Å². The molecular formula is C28H25FN4O2. The number of rotatable bonds is 6. The zero-order valence-corrected chi connectivity index (χ0v) is 19.1. The number of amides is 2. The van der Waals surface area contributed by atoms with Gasteiger partial charge in [-0.1, -0.05) is 30.3 Å². The van der Waals surface area contributed by atoms with Gasteiger partial charge in [-0.3, -0.25) is 14.5 Å². The number of aromatic nitrogens is 1. The molecule has 6 nitrogen and oxygen atoms in total. The number of carbonyl (C=O) groups excluding carboxylic acids is 2. The van der Waals surface area contributed by atoms with Gasteiger partial charge in [0.25, 0.3) is 5.91 Å². The van der Waals surface area contributed by atoms with Crippen LogP contribution in [0.4, 0.5) is 10.1 Å². The third-order valence-corrected chi connectivity index (χ3v) is 6.36. The fourth-order valence-electron chi connectivity index (χ4n) is 4.65. The first-order valence-corrected chi connectivity index (χ1v) is 11.6. The molecule has 1 saturated heterocycles. The maximum Gasteiger partial charge on any atom is 0.256 e. The summed E-state index contributed by atoms with van der Waals surface area (Å²) in [6.45, 7) is 1.41. The molecule has 2 amide bonds. The molecule has 1 fully saturated rings. The molecule has 0 radical (unpaired) electrons. The van der Waals surface area contributed by atoms with Crippen LogP contribution < -0.4 is 11.1 Å². The second-order valence-corrected chi connectivity index (χ2v) is 8.76. The molecule has 0 aliphatic carbocycles. The highest BCUT2D eigenvalue weighted by molar-refractivity contribution is 6.13. The topological polar surface area (TPSA) is 88.3 Å². The highest BCUT2D eigenvalue weighted by atomic mass is 19.1. The highest BCUT2D eigenvalue weighted by Crippen LogP contribution is 2.26. The number of likely N-dealkylation sites (tertiary alicyclic amines) is 1. The van der Waals surface area contributed by atoms with Crippen molar-refractivity contribution in [3.05, 3.63) is 95.8 Å². The quantitative estimate of drug-likeness (QED) is 0.428. The highest BCUT2D eigenvalue weighted by Gasteiger charge is 2.28. The van der Waals surface area contributed by atoms with E-state index in [1.807, 2.05) is 48.5 Å². The van der Waals surface area contributed by atoms with Crippen molar-refractivity contribution in [3.8, 4) is 11.3 Å². The molecule has 35 heavy (non-hydrogen) atoms. The number of nitrogens with one attached hydrogen (secondary N) is 1. The van der Waals surface area contributed by atoms with Gasteiger partial charge in [-0.15, -0.1) is 0 Å². The number of halogens is 1. The molecule has 1 aromatic heterocycles. The Hall–Kier alpha value is -4.10. The van der Waals surface area contributed by atoms with Gasteiger partial charge in [0.05, 0.1) is 22.8 Å². The van der Waals surface area contributed by atoms with Crippen LogP contribution >= 0.6 is 0 Å². The van der Waals surface area contributed by atoms with Crippen molar-refractivity contribution in [2.24, 2.45) is 5.73 Å². The number of hydrogen-bond acceptors (Lipinski definition) is 4. The Labute approximate surface area is 202 Å². The molecule has 1 unspecified atom stereocenters. The maximum absolute atomic E-state index is 13.4. The minimum Gasteiger partial charge on any atom is -0.368 e. The summed E-state index contributed by atoms with van der Waals surface area (Å²) in [5.41, 5.74) is 9.67. The molecule has 0 saturated carbocycles. The van der Waals surface area contributed by atoms with Gasteiger partial charge >= 0.3 is 0 Å². The summed E-state index contributed by atoms with van der Waals surface area (Å²) >= 11 is 0. The van der Waals surface area contributed by atoms with Crippen LogP contribution in [0.25, 0.3) is 22.2 Å². The van der Waals surface area contributed by atoms with Crippen LogP contribution in [-0.2, 0) is 11.3 Å². The summed E-state index contributed by atoms with van der Waals surface area (Å²) < 4.78 is 13.4. The number of nitrogens with two attached hydrogens (primary N) is 1. The summed E-state index contributed by atoms with van der Waals surface area (Å²) in [5.74, 6) is -0.891. The first kappa shape index (κ1) is 22.7. The van der Waals surface area contributed by atoms with Crippen LogP contribution in [0.15, 0.2) is 78.9 Å². The van der Waals surface area contributed by atoms with Gasteiger partial charge in [-0.25, -0.2) is 9.37 Å². The van der Waals surface area contributed by atoms with E-state index in [-0.39, 0.29) is 23.7 Å². The molecule has 4 aromatic rings. The molecule has 176 valence electrons. The van der Waals surface area contributed by atoms with Crippen molar-refractivity contribution in [2.75, 3.05) is 11.9 Å². The first-order chi connectivity index (χ1) is 17.0. The SMILES string of the molecule is NC(=O)C1CCCN1Cc1cccc(NC(=O)c2cc(-c3ccc(F)cc3)nc3ccccc23)c1. The molecule has 3 N–H and O–H groups in total. The van der Waals surface area contributed by atoms with Crippen molar-refractivity contribution in [3.63, 3.8) is 0 Å². The van der Waals surface area contributed by atoms with E-state index >= 15 is 0 Å². The fraction of sp³-hybridized carbons (Fsp3) is 0.179. The molecule has 7 heteroatoms. The second kappa shape index (κ2) is 9.64. The predicted molar refractivity (Wildman–Crippen MR) is 134 cm³/mol. The van der Waals surface area contributed by atoms with Gasteiger partial charge in [0, 0.05) is 23.2 Å². The van der Waals surface area contributed by atoms with E-state index in [9.17, 15) is 14.0 Å². The number of anilines is 1. The first-order valence-electron chi connectivity index (χ1n) is 11.6. The van der Waals surface area contributed by atoms with E-state index in [4.69, 9.17) is 5.73 Å². The Morgan fingerprint density at radius 3 is 2.63 bits per heavy atom. The van der Waals surface area contributed by atoms with E-state index in [1.165, 1.54) is 12.1 Å². The molecule has 5 rings (SSSR count). The van der Waals surface area contributed by atoms with E-state index in [0.29, 0.717) is 29.0 Å². The number of fused-ring (bicyclic) bond motifs is 1. The van der Waals surface area contributed by atoms with Crippen LogP contribution in [0.2, 0.25) is 0 Å². The van der Waals surface area contributed by atoms with E-state index in [1.54, 1.807) is 18.2 Å². The Bertz CT molecular complexity index is 1400. The number of hydrogen-bond donors (Lipinski definition) is 2. The average molecular weight is 469 g/mol.